The van der Waals surface area contributed by atoms with Crippen molar-refractivity contribution in [2.24, 2.45) is 23.5 Å². The summed E-state index contributed by atoms with van der Waals surface area (Å²) in [7, 11) is 0. The molecule has 0 saturated heterocycles. The van der Waals surface area contributed by atoms with Crippen LogP contribution in [0.3, 0.4) is 0 Å². The van der Waals surface area contributed by atoms with Gasteiger partial charge in [0.15, 0.2) is 0 Å². The molecular weight excluding hydrogens is 264 g/mol. The van der Waals surface area contributed by atoms with Crippen molar-refractivity contribution >= 4 is 24.4 Å². The van der Waals surface area contributed by atoms with E-state index >= 15 is 0 Å². The summed E-state index contributed by atoms with van der Waals surface area (Å²) in [5.41, 5.74) is 3.17. The van der Waals surface area contributed by atoms with Gasteiger partial charge in [-0.25, -0.2) is 11.7 Å². The number of carbonyl (C=O) groups excluding carboxylic acids is 4. The summed E-state index contributed by atoms with van der Waals surface area (Å²) in [5, 5.41) is 0. The molecule has 20 heavy (non-hydrogen) atoms. The van der Waals surface area contributed by atoms with E-state index in [2.05, 4.69) is 11.7 Å². The zero-order valence-electron chi connectivity index (χ0n) is 12.5. The van der Waals surface area contributed by atoms with Crippen LogP contribution in [-0.4, -0.2) is 24.4 Å². The van der Waals surface area contributed by atoms with Gasteiger partial charge in [0.05, 0.1) is 0 Å². The molecule has 2 amide bonds. The third-order valence-electron chi connectivity index (χ3n) is 1.60. The molecule has 8 nitrogen and oxygen atoms in total. The summed E-state index contributed by atoms with van der Waals surface area (Å²) in [4.78, 5) is 39.3. The molecule has 0 aliphatic rings. The van der Waals surface area contributed by atoms with E-state index in [1.165, 1.54) is 0 Å². The van der Waals surface area contributed by atoms with Gasteiger partial charge in [0, 0.05) is 12.8 Å². The highest BCUT2D eigenvalue weighted by Gasteiger charge is 2.06. The average molecular weight is 290 g/mol. The summed E-state index contributed by atoms with van der Waals surface area (Å²) in [5.74, 6) is 8.19. The fraction of sp³-hybridized carbons (Fsp3) is 0.667. The summed E-state index contributed by atoms with van der Waals surface area (Å²) in [6.07, 6.45) is 3.29. The second-order valence-corrected chi connectivity index (χ2v) is 4.54. The van der Waals surface area contributed by atoms with Crippen molar-refractivity contribution in [2.75, 3.05) is 0 Å². The molecule has 0 aromatic rings. The zero-order chi connectivity index (χ0) is 16.6. The van der Waals surface area contributed by atoms with Crippen molar-refractivity contribution < 1.29 is 19.2 Å². The molecule has 0 fully saturated rings. The Morgan fingerprint density at radius 3 is 1.15 bits per heavy atom. The monoisotopic (exact) mass is 290 g/mol. The Bertz CT molecular complexity index is 253. The fourth-order valence-electron chi connectivity index (χ4n) is 0.516. The van der Waals surface area contributed by atoms with Gasteiger partial charge in [-0.15, -0.1) is 0 Å². The molecule has 0 bridgehead atoms. The van der Waals surface area contributed by atoms with Crippen molar-refractivity contribution in [3.05, 3.63) is 0 Å². The highest BCUT2D eigenvalue weighted by atomic mass is 16.2. The Morgan fingerprint density at radius 2 is 1.10 bits per heavy atom. The van der Waals surface area contributed by atoms with Gasteiger partial charge in [0.2, 0.25) is 0 Å². The quantitative estimate of drug-likeness (QED) is 0.179. The molecule has 0 spiro atoms. The van der Waals surface area contributed by atoms with Crippen LogP contribution < -0.4 is 22.5 Å². The summed E-state index contributed by atoms with van der Waals surface area (Å²) < 4.78 is 0. The van der Waals surface area contributed by atoms with Gasteiger partial charge < -0.3 is 9.59 Å². The predicted octanol–water partition coefficient (Wildman–Crippen LogP) is -0.571. The van der Waals surface area contributed by atoms with Crippen LogP contribution in [0.25, 0.3) is 0 Å². The van der Waals surface area contributed by atoms with Gasteiger partial charge in [-0.1, -0.05) is 27.7 Å². The van der Waals surface area contributed by atoms with Crippen LogP contribution >= 0.6 is 0 Å². The first-order chi connectivity index (χ1) is 9.26. The lowest BCUT2D eigenvalue weighted by atomic mass is 10.2. The number of carbonyl (C=O) groups is 4. The minimum atomic E-state index is -0.965. The summed E-state index contributed by atoms with van der Waals surface area (Å²) >= 11 is 0. The summed E-state index contributed by atoms with van der Waals surface area (Å²) in [6.45, 7) is 8.09. The SMILES string of the molecule is CC(C)CC=O.CC(C)CC=O.NNC(=O)C(=O)NN. The first kappa shape index (κ1) is 23.3. The zero-order valence-corrected chi connectivity index (χ0v) is 12.5. The number of hydrogen-bond acceptors (Lipinski definition) is 6. The number of nitrogens with one attached hydrogen (secondary N) is 2. The molecule has 8 heteroatoms. The molecule has 118 valence electrons. The van der Waals surface area contributed by atoms with Crippen LogP contribution in [0.2, 0.25) is 0 Å². The van der Waals surface area contributed by atoms with E-state index < -0.39 is 11.8 Å². The molecule has 0 unspecified atom stereocenters. The normalized spacial score (nSPS) is 8.60. The van der Waals surface area contributed by atoms with Crippen LogP contribution in [0.15, 0.2) is 0 Å². The van der Waals surface area contributed by atoms with E-state index in [0.717, 1.165) is 12.6 Å². The molecule has 0 heterocycles. The lowest BCUT2D eigenvalue weighted by molar-refractivity contribution is -0.139. The Hall–Kier alpha value is -1.80. The van der Waals surface area contributed by atoms with E-state index in [-0.39, 0.29) is 0 Å². The van der Waals surface area contributed by atoms with E-state index in [1.807, 2.05) is 27.7 Å². The smallest absolute Gasteiger partial charge is 0.303 e. The van der Waals surface area contributed by atoms with E-state index in [1.54, 1.807) is 10.9 Å². The minimum Gasteiger partial charge on any atom is -0.303 e. The number of rotatable bonds is 4. The first-order valence-electron chi connectivity index (χ1n) is 6.15. The van der Waals surface area contributed by atoms with Gasteiger partial charge in [-0.05, 0) is 11.8 Å². The standard InChI is InChI=1S/2C5H10O.C2H6N4O2/c2*1-5(2)3-4-6;3-5-1(7)2(8)6-4/h2*4-5H,3H2,1-2H3;3-4H2,(H,5,7)(H,6,8). The predicted molar refractivity (Wildman–Crippen MR) is 75.7 cm³/mol. The van der Waals surface area contributed by atoms with Crippen molar-refractivity contribution in [1.29, 1.82) is 0 Å². The molecule has 0 rings (SSSR count). The van der Waals surface area contributed by atoms with E-state index in [9.17, 15) is 19.2 Å². The molecular formula is C12H26N4O4. The molecule has 6 N–H and O–H groups in total. The molecule has 0 aliphatic heterocycles. The number of amides is 2. The fourth-order valence-corrected chi connectivity index (χ4v) is 0.516. The summed E-state index contributed by atoms with van der Waals surface area (Å²) in [6, 6.07) is 0. The Balaban J connectivity index is -0.000000221. The van der Waals surface area contributed by atoms with E-state index in [0.29, 0.717) is 24.7 Å². The van der Waals surface area contributed by atoms with E-state index in [4.69, 9.17) is 0 Å². The minimum absolute atomic E-state index is 0.530. The average Bonchev–Trinajstić information content (AvgIpc) is 2.38. The lowest BCUT2D eigenvalue weighted by Crippen LogP contribution is -2.45. The van der Waals surface area contributed by atoms with Gasteiger partial charge >= 0.3 is 11.8 Å². The van der Waals surface area contributed by atoms with Crippen LogP contribution in [-0.2, 0) is 19.2 Å². The van der Waals surface area contributed by atoms with Crippen molar-refractivity contribution in [3.8, 4) is 0 Å². The third kappa shape index (κ3) is 25.1. The Morgan fingerprint density at radius 1 is 0.850 bits per heavy atom. The van der Waals surface area contributed by atoms with Crippen LogP contribution in [0, 0.1) is 11.8 Å². The van der Waals surface area contributed by atoms with Crippen molar-refractivity contribution in [3.63, 3.8) is 0 Å². The van der Waals surface area contributed by atoms with Crippen LogP contribution in [0.5, 0.6) is 0 Å². The van der Waals surface area contributed by atoms with Gasteiger partial charge in [0.1, 0.15) is 12.6 Å². The second kappa shape index (κ2) is 17.2. The Kier molecular flexibility index (Phi) is 20.0. The second-order valence-electron chi connectivity index (χ2n) is 4.54. The maximum absolute atomic E-state index is 10.0. The maximum Gasteiger partial charge on any atom is 0.324 e. The third-order valence-corrected chi connectivity index (χ3v) is 1.60. The molecule has 0 atom stereocenters. The highest BCUT2D eigenvalue weighted by molar-refractivity contribution is 6.34. The Labute approximate surface area is 119 Å². The van der Waals surface area contributed by atoms with Crippen molar-refractivity contribution in [1.82, 2.24) is 10.9 Å². The van der Waals surface area contributed by atoms with Crippen LogP contribution in [0.4, 0.5) is 0 Å². The topological polar surface area (TPSA) is 144 Å². The highest BCUT2D eigenvalue weighted by Crippen LogP contribution is 1.93. The van der Waals surface area contributed by atoms with Gasteiger partial charge in [0.25, 0.3) is 0 Å². The van der Waals surface area contributed by atoms with Crippen molar-refractivity contribution in [2.45, 2.75) is 40.5 Å². The number of aldehydes is 2. The molecule has 0 saturated carbocycles. The largest absolute Gasteiger partial charge is 0.324 e. The molecule has 0 aromatic heterocycles. The molecule has 0 radical (unpaired) electrons. The van der Waals surface area contributed by atoms with Crippen LogP contribution in [0.1, 0.15) is 40.5 Å². The van der Waals surface area contributed by atoms with Gasteiger partial charge in [-0.3, -0.25) is 20.4 Å². The maximum atomic E-state index is 10.0. The molecule has 0 aliphatic carbocycles. The van der Waals surface area contributed by atoms with Gasteiger partial charge in [-0.2, -0.15) is 0 Å². The number of hydrazine groups is 2. The number of nitrogens with two attached hydrogens (primary N) is 2. The first-order valence-corrected chi connectivity index (χ1v) is 6.15. The molecule has 0 aromatic carbocycles. The number of hydrogen-bond donors (Lipinski definition) is 4. The lowest BCUT2D eigenvalue weighted by Gasteiger charge is -1.93.